The molecule has 0 aromatic heterocycles. The molecule has 1 aliphatic rings. The van der Waals surface area contributed by atoms with Crippen molar-refractivity contribution in [1.29, 1.82) is 5.41 Å². The van der Waals surface area contributed by atoms with E-state index in [9.17, 15) is 4.39 Å². The maximum Gasteiger partial charge on any atom is 0.124 e. The lowest BCUT2D eigenvalue weighted by Crippen LogP contribution is -2.39. The summed E-state index contributed by atoms with van der Waals surface area (Å²) in [6.07, 6.45) is 3.50. The zero-order valence-electron chi connectivity index (χ0n) is 12.6. The molecule has 1 aromatic carbocycles. The lowest BCUT2D eigenvalue weighted by Gasteiger charge is -2.32. The van der Waals surface area contributed by atoms with Crippen LogP contribution in [0.15, 0.2) is 18.2 Å². The van der Waals surface area contributed by atoms with Crippen molar-refractivity contribution in [2.24, 2.45) is 5.73 Å². The predicted octanol–water partition coefficient (Wildman–Crippen LogP) is 2.50. The SMILES string of the molecule is CCCOC1CCCN(Cc2cc(F)cc(C(=N)N)c2)C1. The molecule has 1 aromatic rings. The van der Waals surface area contributed by atoms with Gasteiger partial charge in [-0.05, 0) is 49.6 Å². The molecule has 0 saturated carbocycles. The van der Waals surface area contributed by atoms with Crippen molar-refractivity contribution in [3.8, 4) is 0 Å². The van der Waals surface area contributed by atoms with Crippen LogP contribution >= 0.6 is 0 Å². The van der Waals surface area contributed by atoms with Gasteiger partial charge in [0.05, 0.1) is 6.10 Å². The fraction of sp³-hybridized carbons (Fsp3) is 0.562. The molecule has 0 bridgehead atoms. The molecule has 0 aliphatic carbocycles. The van der Waals surface area contributed by atoms with Gasteiger partial charge in [0.1, 0.15) is 11.7 Å². The molecule has 21 heavy (non-hydrogen) atoms. The minimum atomic E-state index is -0.339. The molecule has 0 radical (unpaired) electrons. The number of hydrogen-bond acceptors (Lipinski definition) is 3. The molecule has 5 heteroatoms. The van der Waals surface area contributed by atoms with E-state index in [2.05, 4.69) is 11.8 Å². The Hall–Kier alpha value is -1.46. The maximum atomic E-state index is 13.6. The van der Waals surface area contributed by atoms with E-state index in [1.54, 1.807) is 6.07 Å². The van der Waals surface area contributed by atoms with Crippen molar-refractivity contribution in [3.05, 3.63) is 35.1 Å². The van der Waals surface area contributed by atoms with Crippen LogP contribution in [0, 0.1) is 11.2 Å². The molecule has 1 saturated heterocycles. The van der Waals surface area contributed by atoms with Crippen LogP contribution in [0.2, 0.25) is 0 Å². The van der Waals surface area contributed by atoms with Crippen LogP contribution in [-0.2, 0) is 11.3 Å². The summed E-state index contributed by atoms with van der Waals surface area (Å²) in [6.45, 7) is 5.46. The Labute approximate surface area is 125 Å². The smallest absolute Gasteiger partial charge is 0.124 e. The molecule has 4 nitrogen and oxygen atoms in total. The first kappa shape index (κ1) is 15.9. The third-order valence-corrected chi connectivity index (χ3v) is 3.69. The molecule has 1 heterocycles. The van der Waals surface area contributed by atoms with Crippen LogP contribution in [0.3, 0.4) is 0 Å². The molecular formula is C16H24FN3O. The number of benzene rings is 1. The highest BCUT2D eigenvalue weighted by atomic mass is 19.1. The van der Waals surface area contributed by atoms with E-state index in [1.165, 1.54) is 12.1 Å². The minimum absolute atomic E-state index is 0.0986. The molecule has 3 N–H and O–H groups in total. The average molecular weight is 293 g/mol. The topological polar surface area (TPSA) is 62.3 Å². The fourth-order valence-corrected chi connectivity index (χ4v) is 2.73. The molecular weight excluding hydrogens is 269 g/mol. The van der Waals surface area contributed by atoms with Crippen molar-refractivity contribution in [2.45, 2.75) is 38.8 Å². The van der Waals surface area contributed by atoms with Gasteiger partial charge < -0.3 is 10.5 Å². The summed E-state index contributed by atoms with van der Waals surface area (Å²) in [6, 6.07) is 4.61. The highest BCUT2D eigenvalue weighted by Crippen LogP contribution is 2.17. The second-order valence-corrected chi connectivity index (χ2v) is 5.63. The highest BCUT2D eigenvalue weighted by molar-refractivity contribution is 5.95. The standard InChI is InChI=1S/C16H24FN3O/c1-2-6-21-15-4-3-5-20(11-15)10-12-7-13(16(18)19)9-14(17)8-12/h7-9,15H,2-6,10-11H2,1H3,(H3,18,19). The highest BCUT2D eigenvalue weighted by Gasteiger charge is 2.20. The summed E-state index contributed by atoms with van der Waals surface area (Å²) in [7, 11) is 0. The van der Waals surface area contributed by atoms with Gasteiger partial charge in [-0.1, -0.05) is 6.92 Å². The summed E-state index contributed by atoms with van der Waals surface area (Å²) in [5.41, 5.74) is 6.75. The van der Waals surface area contributed by atoms with Crippen LogP contribution in [0.4, 0.5) is 4.39 Å². The molecule has 1 fully saturated rings. The van der Waals surface area contributed by atoms with Crippen LogP contribution in [0.1, 0.15) is 37.3 Å². The van der Waals surface area contributed by atoms with E-state index in [0.29, 0.717) is 12.1 Å². The van der Waals surface area contributed by atoms with Crippen molar-refractivity contribution < 1.29 is 9.13 Å². The van der Waals surface area contributed by atoms with E-state index in [-0.39, 0.29) is 17.8 Å². The van der Waals surface area contributed by atoms with Gasteiger partial charge in [0.15, 0.2) is 0 Å². The summed E-state index contributed by atoms with van der Waals surface area (Å²) in [5.74, 6) is -0.438. The first-order chi connectivity index (χ1) is 10.1. The minimum Gasteiger partial charge on any atom is -0.384 e. The second-order valence-electron chi connectivity index (χ2n) is 5.63. The number of amidine groups is 1. The lowest BCUT2D eigenvalue weighted by molar-refractivity contribution is -0.00224. The zero-order chi connectivity index (χ0) is 15.2. The third kappa shape index (κ3) is 4.79. The van der Waals surface area contributed by atoms with Crippen molar-refractivity contribution in [2.75, 3.05) is 19.7 Å². The van der Waals surface area contributed by atoms with E-state index < -0.39 is 0 Å². The van der Waals surface area contributed by atoms with Crippen LogP contribution < -0.4 is 5.73 Å². The van der Waals surface area contributed by atoms with Crippen molar-refractivity contribution in [1.82, 2.24) is 4.90 Å². The Morgan fingerprint density at radius 3 is 3.00 bits per heavy atom. The number of nitrogens with zero attached hydrogens (tertiary/aromatic N) is 1. The number of nitrogen functional groups attached to an aromatic ring is 1. The van der Waals surface area contributed by atoms with E-state index in [1.807, 2.05) is 0 Å². The molecule has 0 spiro atoms. The number of halogens is 1. The number of nitrogens with two attached hydrogens (primary N) is 1. The Kier molecular flexibility index (Phi) is 5.70. The third-order valence-electron chi connectivity index (χ3n) is 3.69. The molecule has 0 amide bonds. The first-order valence-electron chi connectivity index (χ1n) is 7.56. The number of rotatable bonds is 6. The number of piperidine rings is 1. The van der Waals surface area contributed by atoms with Gasteiger partial charge in [-0.2, -0.15) is 0 Å². The fourth-order valence-electron chi connectivity index (χ4n) is 2.73. The molecule has 1 aliphatic heterocycles. The van der Waals surface area contributed by atoms with Gasteiger partial charge in [-0.15, -0.1) is 0 Å². The van der Waals surface area contributed by atoms with Gasteiger partial charge in [-0.3, -0.25) is 10.3 Å². The number of hydrogen-bond donors (Lipinski definition) is 2. The monoisotopic (exact) mass is 293 g/mol. The molecule has 2 rings (SSSR count). The maximum absolute atomic E-state index is 13.6. The second kappa shape index (κ2) is 7.52. The number of ether oxygens (including phenoxy) is 1. The van der Waals surface area contributed by atoms with Gasteiger partial charge in [-0.25, -0.2) is 4.39 Å². The Bertz CT molecular complexity index is 492. The van der Waals surface area contributed by atoms with Crippen LogP contribution in [-0.4, -0.2) is 36.5 Å². The lowest BCUT2D eigenvalue weighted by atomic mass is 10.1. The van der Waals surface area contributed by atoms with Crippen molar-refractivity contribution >= 4 is 5.84 Å². The summed E-state index contributed by atoms with van der Waals surface area (Å²) >= 11 is 0. The van der Waals surface area contributed by atoms with Gasteiger partial charge in [0, 0.05) is 25.3 Å². The summed E-state index contributed by atoms with van der Waals surface area (Å²) in [5, 5.41) is 7.43. The summed E-state index contributed by atoms with van der Waals surface area (Å²) < 4.78 is 19.4. The largest absolute Gasteiger partial charge is 0.384 e. The number of likely N-dealkylation sites (tertiary alicyclic amines) is 1. The molecule has 1 unspecified atom stereocenters. The van der Waals surface area contributed by atoms with Gasteiger partial charge >= 0.3 is 0 Å². The summed E-state index contributed by atoms with van der Waals surface area (Å²) in [4.78, 5) is 2.28. The van der Waals surface area contributed by atoms with E-state index >= 15 is 0 Å². The van der Waals surface area contributed by atoms with Gasteiger partial charge in [0.25, 0.3) is 0 Å². The van der Waals surface area contributed by atoms with Crippen LogP contribution in [0.25, 0.3) is 0 Å². The Morgan fingerprint density at radius 1 is 1.48 bits per heavy atom. The quantitative estimate of drug-likeness (QED) is 0.626. The average Bonchev–Trinajstić information content (AvgIpc) is 2.45. The van der Waals surface area contributed by atoms with Crippen molar-refractivity contribution in [3.63, 3.8) is 0 Å². The van der Waals surface area contributed by atoms with Gasteiger partial charge in [0.2, 0.25) is 0 Å². The Balaban J connectivity index is 1.99. The molecule has 116 valence electrons. The van der Waals surface area contributed by atoms with E-state index in [0.717, 1.165) is 44.5 Å². The van der Waals surface area contributed by atoms with Crippen LogP contribution in [0.5, 0.6) is 0 Å². The normalized spacial score (nSPS) is 19.6. The number of nitrogens with one attached hydrogen (secondary N) is 1. The first-order valence-corrected chi connectivity index (χ1v) is 7.56. The zero-order valence-corrected chi connectivity index (χ0v) is 12.6. The van der Waals surface area contributed by atoms with E-state index in [4.69, 9.17) is 15.9 Å². The Morgan fingerprint density at radius 2 is 2.29 bits per heavy atom. The predicted molar refractivity (Wildman–Crippen MR) is 82.0 cm³/mol. The molecule has 1 atom stereocenters.